The summed E-state index contributed by atoms with van der Waals surface area (Å²) in [4.78, 5) is 0. The minimum Gasteiger partial charge on any atom is -0.0882 e. The summed E-state index contributed by atoms with van der Waals surface area (Å²) in [6.07, 6.45) is 12.0. The number of fused-ring (bicyclic) bond motifs is 1. The molecule has 2 rings (SSSR count). The highest BCUT2D eigenvalue weighted by Crippen LogP contribution is 2.44. The van der Waals surface area contributed by atoms with Crippen molar-refractivity contribution in [3.63, 3.8) is 0 Å². The van der Waals surface area contributed by atoms with Crippen molar-refractivity contribution in [3.05, 3.63) is 12.2 Å². The molecule has 0 radical (unpaired) electrons. The molecule has 0 amide bonds. The quantitative estimate of drug-likeness (QED) is 0.503. The molecule has 0 aromatic heterocycles. The van der Waals surface area contributed by atoms with Crippen molar-refractivity contribution < 1.29 is 0 Å². The lowest BCUT2D eigenvalue weighted by molar-refractivity contribution is 0.298. The minimum absolute atomic E-state index is 1.06. The van der Waals surface area contributed by atoms with Gasteiger partial charge in [-0.15, -0.1) is 0 Å². The van der Waals surface area contributed by atoms with E-state index in [1.807, 2.05) is 0 Å². The molecule has 0 heteroatoms. The third-order valence-corrected chi connectivity index (χ3v) is 3.66. The summed E-state index contributed by atoms with van der Waals surface area (Å²) < 4.78 is 0. The molecule has 0 aromatic carbocycles. The lowest BCUT2D eigenvalue weighted by Crippen LogP contribution is -2.15. The summed E-state index contributed by atoms with van der Waals surface area (Å²) in [7, 11) is 0. The number of hydrogen-bond acceptors (Lipinski definition) is 0. The van der Waals surface area contributed by atoms with E-state index in [0.29, 0.717) is 0 Å². The standard InChI is InChI=1S/C11H18/c1-2-9-7-8-10-5-3-4-6-11(9)10/h3-4,9-11H,2,5-8H2,1H3. The van der Waals surface area contributed by atoms with Gasteiger partial charge in [0, 0.05) is 0 Å². The molecule has 1 fully saturated rings. The van der Waals surface area contributed by atoms with Crippen LogP contribution in [0.5, 0.6) is 0 Å². The third kappa shape index (κ3) is 1.23. The molecular weight excluding hydrogens is 132 g/mol. The van der Waals surface area contributed by atoms with Crippen molar-refractivity contribution >= 4 is 0 Å². The van der Waals surface area contributed by atoms with Crippen molar-refractivity contribution in [1.82, 2.24) is 0 Å². The summed E-state index contributed by atoms with van der Waals surface area (Å²) >= 11 is 0. The average Bonchev–Trinajstić information content (AvgIpc) is 2.47. The average molecular weight is 150 g/mol. The van der Waals surface area contributed by atoms with E-state index in [1.54, 1.807) is 0 Å². The van der Waals surface area contributed by atoms with Crippen molar-refractivity contribution in [2.45, 2.75) is 39.0 Å². The van der Waals surface area contributed by atoms with Gasteiger partial charge in [-0.1, -0.05) is 25.5 Å². The van der Waals surface area contributed by atoms with Gasteiger partial charge >= 0.3 is 0 Å². The van der Waals surface area contributed by atoms with Crippen molar-refractivity contribution in [1.29, 1.82) is 0 Å². The first-order chi connectivity index (χ1) is 5.42. The number of rotatable bonds is 1. The Kier molecular flexibility index (Phi) is 2.02. The lowest BCUT2D eigenvalue weighted by Gasteiger charge is -2.25. The molecule has 0 spiro atoms. The molecule has 0 heterocycles. The first-order valence-corrected chi connectivity index (χ1v) is 5.06. The van der Waals surface area contributed by atoms with E-state index < -0.39 is 0 Å². The van der Waals surface area contributed by atoms with Gasteiger partial charge in [0.1, 0.15) is 0 Å². The molecule has 11 heavy (non-hydrogen) atoms. The van der Waals surface area contributed by atoms with Crippen LogP contribution in [-0.4, -0.2) is 0 Å². The highest BCUT2D eigenvalue weighted by Gasteiger charge is 2.34. The van der Waals surface area contributed by atoms with Gasteiger partial charge < -0.3 is 0 Å². The van der Waals surface area contributed by atoms with E-state index in [0.717, 1.165) is 17.8 Å². The van der Waals surface area contributed by atoms with Crippen LogP contribution in [0.2, 0.25) is 0 Å². The van der Waals surface area contributed by atoms with Crippen LogP contribution in [0.25, 0.3) is 0 Å². The monoisotopic (exact) mass is 150 g/mol. The molecule has 0 N–H and O–H groups in total. The molecule has 2 aliphatic carbocycles. The second-order valence-electron chi connectivity index (χ2n) is 4.11. The molecule has 2 aliphatic rings. The smallest absolute Gasteiger partial charge is 0.0317 e. The lowest BCUT2D eigenvalue weighted by atomic mass is 9.81. The zero-order chi connectivity index (χ0) is 7.68. The van der Waals surface area contributed by atoms with Crippen LogP contribution in [0.1, 0.15) is 39.0 Å². The summed E-state index contributed by atoms with van der Waals surface area (Å²) in [6, 6.07) is 0. The zero-order valence-corrected chi connectivity index (χ0v) is 7.42. The minimum atomic E-state index is 1.06. The van der Waals surface area contributed by atoms with Gasteiger partial charge in [0.2, 0.25) is 0 Å². The van der Waals surface area contributed by atoms with Crippen LogP contribution >= 0.6 is 0 Å². The highest BCUT2D eigenvalue weighted by molar-refractivity contribution is 4.99. The van der Waals surface area contributed by atoms with Gasteiger partial charge in [0.05, 0.1) is 0 Å². The van der Waals surface area contributed by atoms with Crippen molar-refractivity contribution in [2.24, 2.45) is 17.8 Å². The molecule has 0 bridgehead atoms. The summed E-state index contributed by atoms with van der Waals surface area (Å²) in [6.45, 7) is 2.35. The maximum atomic E-state index is 2.40. The molecular formula is C11H18. The maximum absolute atomic E-state index is 2.40. The van der Waals surface area contributed by atoms with Crippen LogP contribution in [0.15, 0.2) is 12.2 Å². The Morgan fingerprint density at radius 1 is 1.18 bits per heavy atom. The largest absolute Gasteiger partial charge is 0.0882 e. The predicted octanol–water partition coefficient (Wildman–Crippen LogP) is 3.39. The van der Waals surface area contributed by atoms with E-state index in [1.165, 1.54) is 32.1 Å². The van der Waals surface area contributed by atoms with Gasteiger partial charge in [-0.05, 0) is 43.4 Å². The fourth-order valence-electron chi connectivity index (χ4n) is 2.95. The zero-order valence-electron chi connectivity index (χ0n) is 7.42. The summed E-state index contributed by atoms with van der Waals surface area (Å²) in [5.74, 6) is 3.18. The van der Waals surface area contributed by atoms with Gasteiger partial charge in [-0.3, -0.25) is 0 Å². The van der Waals surface area contributed by atoms with Crippen molar-refractivity contribution in [2.75, 3.05) is 0 Å². The second kappa shape index (κ2) is 3.00. The van der Waals surface area contributed by atoms with Crippen LogP contribution in [-0.2, 0) is 0 Å². The third-order valence-electron chi connectivity index (χ3n) is 3.66. The Morgan fingerprint density at radius 3 is 2.82 bits per heavy atom. The molecule has 0 aromatic rings. The maximum Gasteiger partial charge on any atom is -0.0317 e. The van der Waals surface area contributed by atoms with Crippen LogP contribution in [0, 0.1) is 17.8 Å². The van der Waals surface area contributed by atoms with E-state index in [2.05, 4.69) is 19.1 Å². The van der Waals surface area contributed by atoms with Crippen molar-refractivity contribution in [3.8, 4) is 0 Å². The van der Waals surface area contributed by atoms with E-state index >= 15 is 0 Å². The Balaban J connectivity index is 2.05. The van der Waals surface area contributed by atoms with Crippen LogP contribution in [0.4, 0.5) is 0 Å². The molecule has 0 nitrogen and oxygen atoms in total. The Labute approximate surface area is 69.7 Å². The molecule has 1 saturated carbocycles. The summed E-state index contributed by atoms with van der Waals surface area (Å²) in [5, 5.41) is 0. The van der Waals surface area contributed by atoms with E-state index in [9.17, 15) is 0 Å². The molecule has 3 unspecified atom stereocenters. The summed E-state index contributed by atoms with van der Waals surface area (Å²) in [5.41, 5.74) is 0. The molecule has 0 aliphatic heterocycles. The van der Waals surface area contributed by atoms with Gasteiger partial charge in [-0.25, -0.2) is 0 Å². The number of hydrogen-bond donors (Lipinski definition) is 0. The normalized spacial score (nSPS) is 42.5. The fraction of sp³-hybridized carbons (Fsp3) is 0.818. The SMILES string of the molecule is CCC1CCC2CC=CCC12. The van der Waals surface area contributed by atoms with Crippen LogP contribution in [0.3, 0.4) is 0 Å². The van der Waals surface area contributed by atoms with Crippen LogP contribution < -0.4 is 0 Å². The Hall–Kier alpha value is -0.260. The second-order valence-corrected chi connectivity index (χ2v) is 4.11. The molecule has 62 valence electrons. The van der Waals surface area contributed by atoms with E-state index in [-0.39, 0.29) is 0 Å². The Morgan fingerprint density at radius 2 is 2.00 bits per heavy atom. The molecule has 3 atom stereocenters. The first kappa shape index (κ1) is 7.39. The van der Waals surface area contributed by atoms with Gasteiger partial charge in [0.25, 0.3) is 0 Å². The molecule has 0 saturated heterocycles. The Bertz CT molecular complexity index is 157. The predicted molar refractivity (Wildman–Crippen MR) is 48.4 cm³/mol. The fourth-order valence-corrected chi connectivity index (χ4v) is 2.95. The number of allylic oxidation sites excluding steroid dienone is 2. The van der Waals surface area contributed by atoms with Gasteiger partial charge in [-0.2, -0.15) is 0 Å². The highest BCUT2D eigenvalue weighted by atomic mass is 14.4. The van der Waals surface area contributed by atoms with Gasteiger partial charge in [0.15, 0.2) is 0 Å². The first-order valence-electron chi connectivity index (χ1n) is 5.06. The topological polar surface area (TPSA) is 0 Å². The van der Waals surface area contributed by atoms with E-state index in [4.69, 9.17) is 0 Å².